The number of hydrogen-bond donors (Lipinski definition) is 2. The summed E-state index contributed by atoms with van der Waals surface area (Å²) in [4.78, 5) is 0.926. The van der Waals surface area contributed by atoms with Crippen molar-refractivity contribution in [2.24, 2.45) is 5.73 Å². The van der Waals surface area contributed by atoms with Gasteiger partial charge in [-0.2, -0.15) is 0 Å². The molecule has 0 amide bonds. The van der Waals surface area contributed by atoms with E-state index in [-0.39, 0.29) is 6.54 Å². The van der Waals surface area contributed by atoms with Gasteiger partial charge in [-0.15, -0.1) is 11.3 Å². The highest BCUT2D eigenvalue weighted by Crippen LogP contribution is 2.23. The summed E-state index contributed by atoms with van der Waals surface area (Å²) >= 11 is 1.52. The number of thiophene rings is 1. The maximum Gasteiger partial charge on any atom is 0.108 e. The van der Waals surface area contributed by atoms with Crippen molar-refractivity contribution in [2.45, 2.75) is 12.5 Å². The first kappa shape index (κ1) is 7.72. The third kappa shape index (κ3) is 1.37. The first-order chi connectivity index (χ1) is 4.67. The van der Waals surface area contributed by atoms with Crippen LogP contribution in [-0.2, 0) is 5.60 Å². The van der Waals surface area contributed by atoms with E-state index in [2.05, 4.69) is 0 Å². The first-order valence-electron chi connectivity index (χ1n) is 3.13. The second-order valence-electron chi connectivity index (χ2n) is 2.46. The van der Waals surface area contributed by atoms with Crippen molar-refractivity contribution in [2.75, 3.05) is 6.54 Å². The summed E-state index contributed by atoms with van der Waals surface area (Å²) in [6, 6.07) is 3.79. The lowest BCUT2D eigenvalue weighted by molar-refractivity contribution is 0.0707. The molecular weight excluding hydrogens is 146 g/mol. The monoisotopic (exact) mass is 157 g/mol. The van der Waals surface area contributed by atoms with E-state index >= 15 is 0 Å². The fourth-order valence-electron chi connectivity index (χ4n) is 0.686. The molecule has 0 aliphatic rings. The molecule has 1 unspecified atom stereocenters. The number of aliphatic hydroxyl groups is 1. The lowest BCUT2D eigenvalue weighted by Crippen LogP contribution is -2.30. The van der Waals surface area contributed by atoms with Crippen LogP contribution in [0.1, 0.15) is 11.8 Å². The lowest BCUT2D eigenvalue weighted by atomic mass is 10.1. The molecule has 0 fully saturated rings. The molecule has 0 radical (unpaired) electrons. The third-order valence-corrected chi connectivity index (χ3v) is 2.57. The van der Waals surface area contributed by atoms with Crippen LogP contribution in [0.5, 0.6) is 0 Å². The Hall–Kier alpha value is -0.380. The van der Waals surface area contributed by atoms with Crippen LogP contribution in [0.15, 0.2) is 17.5 Å². The maximum absolute atomic E-state index is 9.57. The van der Waals surface area contributed by atoms with Crippen molar-refractivity contribution in [1.29, 1.82) is 0 Å². The van der Waals surface area contributed by atoms with Crippen LogP contribution in [0.2, 0.25) is 0 Å². The lowest BCUT2D eigenvalue weighted by Gasteiger charge is -2.18. The zero-order valence-corrected chi connectivity index (χ0v) is 6.69. The summed E-state index contributed by atoms with van der Waals surface area (Å²) in [5, 5.41) is 11.5. The predicted molar refractivity (Wildman–Crippen MR) is 42.9 cm³/mol. The zero-order valence-electron chi connectivity index (χ0n) is 5.87. The van der Waals surface area contributed by atoms with Crippen molar-refractivity contribution in [3.8, 4) is 0 Å². The molecule has 10 heavy (non-hydrogen) atoms. The van der Waals surface area contributed by atoms with Gasteiger partial charge in [-0.3, -0.25) is 0 Å². The van der Waals surface area contributed by atoms with E-state index in [0.29, 0.717) is 0 Å². The van der Waals surface area contributed by atoms with Gasteiger partial charge in [-0.25, -0.2) is 0 Å². The molecule has 3 heteroatoms. The second kappa shape index (κ2) is 2.70. The van der Waals surface area contributed by atoms with Crippen LogP contribution in [0.3, 0.4) is 0 Å². The fourth-order valence-corrected chi connectivity index (χ4v) is 1.48. The molecule has 2 nitrogen and oxygen atoms in total. The van der Waals surface area contributed by atoms with E-state index in [0.717, 1.165) is 4.88 Å². The van der Waals surface area contributed by atoms with Crippen LogP contribution in [0.4, 0.5) is 0 Å². The molecule has 56 valence electrons. The summed E-state index contributed by atoms with van der Waals surface area (Å²) in [5.74, 6) is 0. The molecule has 1 rings (SSSR count). The van der Waals surface area contributed by atoms with Crippen molar-refractivity contribution >= 4 is 11.3 Å². The normalized spacial score (nSPS) is 16.7. The minimum absolute atomic E-state index is 0.271. The molecular formula is C7H11NOS. The van der Waals surface area contributed by atoms with Crippen LogP contribution in [-0.4, -0.2) is 11.7 Å². The van der Waals surface area contributed by atoms with Crippen LogP contribution < -0.4 is 5.73 Å². The smallest absolute Gasteiger partial charge is 0.108 e. The van der Waals surface area contributed by atoms with Crippen molar-refractivity contribution in [3.05, 3.63) is 22.4 Å². The van der Waals surface area contributed by atoms with E-state index in [1.54, 1.807) is 6.92 Å². The summed E-state index contributed by atoms with van der Waals surface area (Å²) < 4.78 is 0. The Morgan fingerprint density at radius 2 is 2.50 bits per heavy atom. The van der Waals surface area contributed by atoms with E-state index in [1.807, 2.05) is 17.5 Å². The Morgan fingerprint density at radius 1 is 1.80 bits per heavy atom. The van der Waals surface area contributed by atoms with Gasteiger partial charge in [-0.05, 0) is 18.4 Å². The molecule has 0 saturated heterocycles. The fraction of sp³-hybridized carbons (Fsp3) is 0.429. The van der Waals surface area contributed by atoms with E-state index < -0.39 is 5.60 Å². The third-order valence-electron chi connectivity index (χ3n) is 1.45. The highest BCUT2D eigenvalue weighted by atomic mass is 32.1. The topological polar surface area (TPSA) is 46.2 Å². The second-order valence-corrected chi connectivity index (χ2v) is 3.40. The van der Waals surface area contributed by atoms with Gasteiger partial charge in [-0.1, -0.05) is 6.07 Å². The average molecular weight is 157 g/mol. The minimum atomic E-state index is -0.839. The van der Waals surface area contributed by atoms with Gasteiger partial charge >= 0.3 is 0 Å². The quantitative estimate of drug-likeness (QED) is 0.670. The molecule has 1 aromatic rings. The Bertz CT molecular complexity index is 193. The van der Waals surface area contributed by atoms with E-state index in [4.69, 9.17) is 5.73 Å². The van der Waals surface area contributed by atoms with Gasteiger partial charge in [0, 0.05) is 11.4 Å². The van der Waals surface area contributed by atoms with Gasteiger partial charge in [0.25, 0.3) is 0 Å². The highest BCUT2D eigenvalue weighted by molar-refractivity contribution is 7.10. The van der Waals surface area contributed by atoms with Gasteiger partial charge in [0.1, 0.15) is 5.60 Å². The molecule has 1 heterocycles. The zero-order chi connectivity index (χ0) is 7.61. The van der Waals surface area contributed by atoms with Crippen molar-refractivity contribution in [3.63, 3.8) is 0 Å². The van der Waals surface area contributed by atoms with Crippen LogP contribution >= 0.6 is 11.3 Å². The molecule has 0 bridgehead atoms. The Morgan fingerprint density at radius 3 is 2.90 bits per heavy atom. The predicted octanol–water partition coefficient (Wildman–Crippen LogP) is 0.914. The van der Waals surface area contributed by atoms with E-state index in [1.165, 1.54) is 11.3 Å². The summed E-state index contributed by atoms with van der Waals surface area (Å²) in [5.41, 5.74) is 4.52. The molecule has 0 spiro atoms. The average Bonchev–Trinajstić information content (AvgIpc) is 2.38. The van der Waals surface area contributed by atoms with Gasteiger partial charge in [0.2, 0.25) is 0 Å². The van der Waals surface area contributed by atoms with Crippen LogP contribution in [0, 0.1) is 0 Å². The van der Waals surface area contributed by atoms with Gasteiger partial charge < -0.3 is 10.8 Å². The number of rotatable bonds is 2. The summed E-state index contributed by atoms with van der Waals surface area (Å²) in [7, 11) is 0. The van der Waals surface area contributed by atoms with Crippen molar-refractivity contribution in [1.82, 2.24) is 0 Å². The molecule has 1 aromatic heterocycles. The maximum atomic E-state index is 9.57. The summed E-state index contributed by atoms with van der Waals surface area (Å²) in [6.45, 7) is 1.99. The summed E-state index contributed by atoms with van der Waals surface area (Å²) in [6.07, 6.45) is 0. The first-order valence-corrected chi connectivity index (χ1v) is 4.01. The minimum Gasteiger partial charge on any atom is -0.383 e. The van der Waals surface area contributed by atoms with Gasteiger partial charge in [0.05, 0.1) is 0 Å². The molecule has 1 atom stereocenters. The van der Waals surface area contributed by atoms with Gasteiger partial charge in [0.15, 0.2) is 0 Å². The number of nitrogens with two attached hydrogens (primary N) is 1. The van der Waals surface area contributed by atoms with Crippen LogP contribution in [0.25, 0.3) is 0 Å². The number of hydrogen-bond acceptors (Lipinski definition) is 3. The SMILES string of the molecule is CC(O)(CN)c1cccs1. The molecule has 0 aliphatic carbocycles. The Balaban J connectivity index is 2.85. The molecule has 0 saturated carbocycles. The standard InChI is InChI=1S/C7H11NOS/c1-7(9,5-8)6-3-2-4-10-6/h2-4,9H,5,8H2,1H3. The molecule has 3 N–H and O–H groups in total. The van der Waals surface area contributed by atoms with Crippen molar-refractivity contribution < 1.29 is 5.11 Å². The largest absolute Gasteiger partial charge is 0.383 e. The molecule has 0 aliphatic heterocycles. The van der Waals surface area contributed by atoms with E-state index in [9.17, 15) is 5.11 Å². The molecule has 0 aromatic carbocycles. The highest BCUT2D eigenvalue weighted by Gasteiger charge is 2.21. The Kier molecular flexibility index (Phi) is 2.08. The Labute approximate surface area is 64.3 Å².